The molecule has 1 aliphatic heterocycles. The van der Waals surface area contributed by atoms with Gasteiger partial charge in [0.25, 0.3) is 0 Å². The van der Waals surface area contributed by atoms with E-state index in [4.69, 9.17) is 47.5 Å². The zero-order valence-electron chi connectivity index (χ0n) is 25.1. The Balaban J connectivity index is 1.53. The van der Waals surface area contributed by atoms with E-state index in [1.807, 2.05) is 74.5 Å². The number of unbranched alkanes of at least 4 members (excludes halogenated alkanes) is 1. The van der Waals surface area contributed by atoms with Gasteiger partial charge < -0.3 is 19.5 Å². The molecule has 0 saturated carbocycles. The summed E-state index contributed by atoms with van der Waals surface area (Å²) < 4.78 is 20.4. The normalized spacial score (nSPS) is 14.1. The van der Waals surface area contributed by atoms with Crippen LogP contribution in [0.15, 0.2) is 81.6 Å². The molecule has 0 spiro atoms. The van der Waals surface area contributed by atoms with Crippen molar-refractivity contribution in [2.45, 2.75) is 57.2 Å². The van der Waals surface area contributed by atoms with Crippen LogP contribution in [-0.4, -0.2) is 33.9 Å². The number of fused-ring (bicyclic) bond motifs is 1. The van der Waals surface area contributed by atoms with Gasteiger partial charge in [0.05, 0.1) is 23.3 Å². The van der Waals surface area contributed by atoms with Gasteiger partial charge in [-0.05, 0) is 71.6 Å². The van der Waals surface area contributed by atoms with Gasteiger partial charge in [0.2, 0.25) is 11.1 Å². The predicted octanol–water partition coefficient (Wildman–Crippen LogP) is 9.25. The fraction of sp³-hybridized carbons (Fsp3) is 0.303. The number of carbonyl (C=O) groups excluding carboxylic acids is 1. The Labute approximate surface area is 285 Å². The van der Waals surface area contributed by atoms with Crippen LogP contribution in [0.4, 0.5) is 5.95 Å². The van der Waals surface area contributed by atoms with Crippen LogP contribution in [-0.2, 0) is 21.9 Å². The van der Waals surface area contributed by atoms with Crippen molar-refractivity contribution < 1.29 is 19.0 Å². The molecule has 0 fully saturated rings. The van der Waals surface area contributed by atoms with Crippen molar-refractivity contribution in [3.8, 4) is 11.5 Å². The number of nitrogens with zero attached hydrogens (tertiary/aromatic N) is 3. The number of anilines is 1. The van der Waals surface area contributed by atoms with Gasteiger partial charge in [-0.25, -0.2) is 9.48 Å². The van der Waals surface area contributed by atoms with E-state index in [1.165, 1.54) is 11.8 Å². The highest BCUT2D eigenvalue weighted by molar-refractivity contribution is 9.10. The molecule has 1 unspecified atom stereocenters. The van der Waals surface area contributed by atoms with Crippen LogP contribution in [0.1, 0.15) is 56.3 Å². The van der Waals surface area contributed by atoms with Crippen molar-refractivity contribution in [2.75, 3.05) is 18.5 Å². The molecule has 12 heteroatoms. The van der Waals surface area contributed by atoms with Crippen molar-refractivity contribution in [3.05, 3.63) is 103 Å². The molecule has 1 N–H and O–H groups in total. The lowest BCUT2D eigenvalue weighted by atomic mass is 9.95. The molecule has 1 atom stereocenters. The first-order chi connectivity index (χ1) is 21.8. The van der Waals surface area contributed by atoms with Gasteiger partial charge in [-0.2, -0.15) is 4.98 Å². The molecule has 3 aromatic carbocycles. The van der Waals surface area contributed by atoms with Gasteiger partial charge >= 0.3 is 5.97 Å². The fourth-order valence-electron chi connectivity index (χ4n) is 4.82. The molecule has 45 heavy (non-hydrogen) atoms. The summed E-state index contributed by atoms with van der Waals surface area (Å²) in [4.78, 5) is 18.4. The van der Waals surface area contributed by atoms with Crippen molar-refractivity contribution in [2.24, 2.45) is 0 Å². The number of rotatable bonds is 13. The summed E-state index contributed by atoms with van der Waals surface area (Å²) in [6, 6.07) is 18.4. The Morgan fingerprint density at radius 3 is 2.44 bits per heavy atom. The number of ether oxygens (including phenoxy) is 3. The Bertz CT molecular complexity index is 1710. The molecule has 4 aromatic rings. The molecule has 1 aromatic heterocycles. The van der Waals surface area contributed by atoms with E-state index in [-0.39, 0.29) is 6.61 Å². The number of hydrogen-bond acceptors (Lipinski definition) is 8. The van der Waals surface area contributed by atoms with Crippen molar-refractivity contribution >= 4 is 62.8 Å². The van der Waals surface area contributed by atoms with Crippen LogP contribution in [0.3, 0.4) is 0 Å². The summed E-state index contributed by atoms with van der Waals surface area (Å²) >= 11 is 17.9. The number of esters is 1. The number of benzene rings is 3. The second-order valence-corrected chi connectivity index (χ2v) is 12.9. The van der Waals surface area contributed by atoms with E-state index in [0.29, 0.717) is 67.4 Å². The average molecular weight is 733 g/mol. The minimum Gasteiger partial charge on any atom is -0.490 e. The summed E-state index contributed by atoms with van der Waals surface area (Å²) in [6.07, 6.45) is 1.68. The highest BCUT2D eigenvalue weighted by Crippen LogP contribution is 2.44. The molecule has 0 saturated heterocycles. The van der Waals surface area contributed by atoms with Crippen molar-refractivity contribution in [1.82, 2.24) is 14.8 Å². The molecule has 236 valence electrons. The number of nitrogens with one attached hydrogen (secondary N) is 1. The summed E-state index contributed by atoms with van der Waals surface area (Å²) in [5, 5.41) is 9.96. The molecular weight excluding hydrogens is 699 g/mol. The van der Waals surface area contributed by atoms with Crippen molar-refractivity contribution in [1.29, 1.82) is 0 Å². The summed E-state index contributed by atoms with van der Waals surface area (Å²) in [5.74, 6) is 1.72. The number of allylic oxidation sites excluding steroid dienone is 1. The van der Waals surface area contributed by atoms with Gasteiger partial charge in [0.15, 0.2) is 11.5 Å². The highest BCUT2D eigenvalue weighted by atomic mass is 79.9. The quantitative estimate of drug-likeness (QED) is 0.0828. The molecule has 1 aliphatic rings. The highest BCUT2D eigenvalue weighted by Gasteiger charge is 2.36. The molecule has 0 bridgehead atoms. The molecule has 5 rings (SSSR count). The molecular formula is C33H33BrCl2N4O4S. The van der Waals surface area contributed by atoms with Gasteiger partial charge in [0, 0.05) is 27.1 Å². The molecule has 8 nitrogen and oxygen atoms in total. The monoisotopic (exact) mass is 730 g/mol. The SMILES string of the molecule is CCCCOC(=O)C1=C(C)Nc2nc(SCc3ccccc3Cl)nn2C1c1cc(Br)c(OCc2ccccc2Cl)c(OCC)c1. The number of halogens is 3. The lowest BCUT2D eigenvalue weighted by Crippen LogP contribution is -2.30. The second kappa shape index (κ2) is 15.4. The third-order valence-corrected chi connectivity index (χ3v) is 9.29. The molecule has 0 radical (unpaired) electrons. The van der Waals surface area contributed by atoms with Gasteiger partial charge in [-0.1, -0.05) is 84.7 Å². The third-order valence-electron chi connectivity index (χ3n) is 7.08. The van der Waals surface area contributed by atoms with Gasteiger partial charge in [0.1, 0.15) is 12.6 Å². The van der Waals surface area contributed by atoms with Crippen LogP contribution in [0.25, 0.3) is 0 Å². The topological polar surface area (TPSA) is 87.5 Å². The maximum absolute atomic E-state index is 13.6. The summed E-state index contributed by atoms with van der Waals surface area (Å²) in [7, 11) is 0. The fourth-order valence-corrected chi connectivity index (χ4v) is 6.70. The lowest BCUT2D eigenvalue weighted by Gasteiger charge is -2.29. The Kier molecular flexibility index (Phi) is 11.4. The maximum atomic E-state index is 13.6. The van der Waals surface area contributed by atoms with Crippen LogP contribution in [0.5, 0.6) is 11.5 Å². The van der Waals surface area contributed by atoms with Crippen LogP contribution in [0, 0.1) is 0 Å². The Hall–Kier alpha value is -3.18. The van der Waals surface area contributed by atoms with Crippen LogP contribution >= 0.6 is 50.9 Å². The number of carbonyl (C=O) groups is 1. The summed E-state index contributed by atoms with van der Waals surface area (Å²) in [5.41, 5.74) is 3.64. The van der Waals surface area contributed by atoms with E-state index < -0.39 is 12.0 Å². The lowest BCUT2D eigenvalue weighted by molar-refractivity contribution is -0.139. The maximum Gasteiger partial charge on any atom is 0.338 e. The first-order valence-corrected chi connectivity index (χ1v) is 17.1. The van der Waals surface area contributed by atoms with E-state index >= 15 is 0 Å². The smallest absolute Gasteiger partial charge is 0.338 e. The molecule has 0 aliphatic carbocycles. The number of hydrogen-bond donors (Lipinski definition) is 1. The van der Waals surface area contributed by atoms with Gasteiger partial charge in [-0.15, -0.1) is 5.10 Å². The molecule has 2 heterocycles. The zero-order valence-corrected chi connectivity index (χ0v) is 29.0. The Morgan fingerprint density at radius 1 is 1.04 bits per heavy atom. The number of aromatic nitrogens is 3. The van der Waals surface area contributed by atoms with E-state index in [9.17, 15) is 4.79 Å². The van der Waals surface area contributed by atoms with E-state index in [2.05, 4.69) is 28.2 Å². The first-order valence-electron chi connectivity index (χ1n) is 14.6. The minimum atomic E-state index is -0.648. The molecule has 0 amide bonds. The van der Waals surface area contributed by atoms with E-state index in [0.717, 1.165) is 29.5 Å². The standard InChI is InChI=1S/C33H33BrCl2N4O4S/c1-4-6-15-43-31(41)28-20(3)37-32-38-33(45-19-22-12-8-10-14-26(22)36)39-40(32)29(28)23-16-24(34)30(27(17-23)42-5-2)44-18-21-11-7-9-13-25(21)35/h7-14,16-17,29H,4-6,15,18-19H2,1-3H3,(H,37,38,39). The zero-order chi connectivity index (χ0) is 31.9. The van der Waals surface area contributed by atoms with Gasteiger partial charge in [-0.3, -0.25) is 0 Å². The first kappa shape index (κ1) is 33.2. The van der Waals surface area contributed by atoms with Crippen molar-refractivity contribution in [3.63, 3.8) is 0 Å². The second-order valence-electron chi connectivity index (χ2n) is 10.2. The number of thioether (sulfide) groups is 1. The average Bonchev–Trinajstić information content (AvgIpc) is 3.42. The summed E-state index contributed by atoms with van der Waals surface area (Å²) in [6.45, 7) is 6.78. The van der Waals surface area contributed by atoms with Crippen LogP contribution < -0.4 is 14.8 Å². The Morgan fingerprint density at radius 2 is 1.76 bits per heavy atom. The largest absolute Gasteiger partial charge is 0.490 e. The minimum absolute atomic E-state index is 0.248. The van der Waals surface area contributed by atoms with Crippen LogP contribution in [0.2, 0.25) is 10.0 Å². The third kappa shape index (κ3) is 7.80. The van der Waals surface area contributed by atoms with E-state index in [1.54, 1.807) is 4.68 Å². The predicted molar refractivity (Wildman–Crippen MR) is 182 cm³/mol.